The van der Waals surface area contributed by atoms with E-state index in [1.807, 2.05) is 6.08 Å². The fourth-order valence-corrected chi connectivity index (χ4v) is 9.19. The molecule has 6 rings (SSSR count). The molecule has 7 atom stereocenters. The minimum atomic E-state index is -5.20. The monoisotopic (exact) mass is 601 g/mol. The Morgan fingerprint density at radius 2 is 1.93 bits per heavy atom. The number of quaternary nitrogens is 1. The largest absolute Gasteiger partial charge is 0.506 e. The minimum absolute atomic E-state index is 0.163. The molecule has 2 N–H and O–H groups in total. The van der Waals surface area contributed by atoms with E-state index >= 15 is 0 Å². The summed E-state index contributed by atoms with van der Waals surface area (Å²) in [6.45, 7) is 7.66. The van der Waals surface area contributed by atoms with E-state index < -0.39 is 41.2 Å². The number of aliphatic hydroxyl groups excluding tert-OH is 1. The van der Waals surface area contributed by atoms with E-state index in [4.69, 9.17) is 9.47 Å². The number of rotatable bonds is 6. The molecule has 1 aromatic rings. The number of nitrogens with zero attached hydrogens (tertiary/aromatic N) is 1. The number of likely N-dealkylation sites (tertiary alicyclic amines) is 1. The van der Waals surface area contributed by atoms with Gasteiger partial charge in [0.2, 0.25) is 5.72 Å². The van der Waals surface area contributed by atoms with E-state index in [1.165, 1.54) is 30.3 Å². The standard InChI is InChI=1S/C33H39F3N2O5/c1-19(2)18-38(4)16-15-31-23-11-8-12-25(31)42-29-26(31)22(17-24(23)38)13-14-32(29,43-20(3)39)37-30(41)27(33(34,35)36)28(40)21-9-6-5-7-10-21/h5-7,9-10,13-14,19,23-25,29H,8,11-12,15-18H2,1-4H3,(H-,37,40,41)/p+1/t23-,24+,25-,29?,31+,32?,38?/m0/s1. The molecule has 1 saturated carbocycles. The summed E-state index contributed by atoms with van der Waals surface area (Å²) < 4.78 is 56.6. The highest BCUT2D eigenvalue weighted by Gasteiger charge is 2.71. The van der Waals surface area contributed by atoms with Crippen LogP contribution in [-0.2, 0) is 19.1 Å². The van der Waals surface area contributed by atoms with Gasteiger partial charge in [0, 0.05) is 42.6 Å². The Bertz CT molecular complexity index is 1420. The fourth-order valence-electron chi connectivity index (χ4n) is 9.19. The van der Waals surface area contributed by atoms with Gasteiger partial charge in [-0.2, -0.15) is 13.2 Å². The van der Waals surface area contributed by atoms with Gasteiger partial charge in [-0.25, -0.2) is 0 Å². The number of hydrogen-bond donors (Lipinski definition) is 2. The first-order valence-corrected chi connectivity index (χ1v) is 15.2. The molecule has 10 heteroatoms. The smallest absolute Gasteiger partial charge is 0.425 e. The molecular formula is C33H40F3N2O5+. The first kappa shape index (κ1) is 29.9. The number of aliphatic hydroxyl groups is 1. The second-order valence-corrected chi connectivity index (χ2v) is 13.6. The molecule has 7 nitrogen and oxygen atoms in total. The topological polar surface area (TPSA) is 84.9 Å². The molecule has 2 saturated heterocycles. The fraction of sp³-hybridized carbons (Fsp3) is 0.576. The highest BCUT2D eigenvalue weighted by Crippen LogP contribution is 2.67. The first-order valence-electron chi connectivity index (χ1n) is 15.2. The van der Waals surface area contributed by atoms with Crippen molar-refractivity contribution in [3.8, 4) is 0 Å². The van der Waals surface area contributed by atoms with Gasteiger partial charge in [0.25, 0.3) is 5.91 Å². The quantitative estimate of drug-likeness (QED) is 0.146. The Hall–Kier alpha value is -3.11. The molecule has 3 fully saturated rings. The Labute approximate surface area is 250 Å². The lowest BCUT2D eigenvalue weighted by Gasteiger charge is -2.62. The average molecular weight is 602 g/mol. The minimum Gasteiger partial charge on any atom is -0.506 e. The molecule has 2 aliphatic heterocycles. The summed E-state index contributed by atoms with van der Waals surface area (Å²) in [4.78, 5) is 26.1. The molecule has 2 bridgehead atoms. The van der Waals surface area contributed by atoms with E-state index in [0.717, 1.165) is 67.7 Å². The van der Waals surface area contributed by atoms with Crippen LogP contribution in [0.4, 0.5) is 13.2 Å². The molecule has 43 heavy (non-hydrogen) atoms. The summed E-state index contributed by atoms with van der Waals surface area (Å²) in [7, 11) is 2.35. The van der Waals surface area contributed by atoms with Crippen LogP contribution in [0.2, 0.25) is 0 Å². The van der Waals surface area contributed by atoms with E-state index in [2.05, 4.69) is 26.2 Å². The molecule has 232 valence electrons. The van der Waals surface area contributed by atoms with E-state index in [0.29, 0.717) is 17.9 Å². The lowest BCUT2D eigenvalue weighted by Crippen LogP contribution is -2.69. The molecule has 5 aliphatic rings. The van der Waals surface area contributed by atoms with Crippen molar-refractivity contribution in [1.82, 2.24) is 5.32 Å². The molecule has 1 amide bonds. The van der Waals surface area contributed by atoms with Gasteiger partial charge < -0.3 is 24.4 Å². The van der Waals surface area contributed by atoms with E-state index in [1.54, 1.807) is 6.07 Å². The molecule has 2 heterocycles. The predicted molar refractivity (Wildman–Crippen MR) is 153 cm³/mol. The normalized spacial score (nSPS) is 36.7. The van der Waals surface area contributed by atoms with E-state index in [-0.39, 0.29) is 17.1 Å². The highest BCUT2D eigenvalue weighted by atomic mass is 19.4. The number of esters is 1. The van der Waals surface area contributed by atoms with Crippen LogP contribution in [0.25, 0.3) is 5.76 Å². The first-order chi connectivity index (χ1) is 20.2. The van der Waals surface area contributed by atoms with Crippen LogP contribution in [0.5, 0.6) is 0 Å². The zero-order valence-corrected chi connectivity index (χ0v) is 25.0. The Kier molecular flexibility index (Phi) is 7.12. The number of amides is 1. The van der Waals surface area contributed by atoms with Crippen molar-refractivity contribution in [1.29, 1.82) is 0 Å². The average Bonchev–Trinajstić information content (AvgIpc) is 3.27. The number of hydrogen-bond acceptors (Lipinski definition) is 5. The van der Waals surface area contributed by atoms with Crippen molar-refractivity contribution in [2.24, 2.45) is 17.3 Å². The number of benzene rings is 1. The lowest BCUT2D eigenvalue weighted by atomic mass is 9.50. The number of piperidine rings is 1. The van der Waals surface area contributed by atoms with Crippen molar-refractivity contribution in [2.45, 2.75) is 83.0 Å². The van der Waals surface area contributed by atoms with Crippen LogP contribution in [0.15, 0.2) is 59.2 Å². The van der Waals surface area contributed by atoms with Crippen LogP contribution in [0.3, 0.4) is 0 Å². The second kappa shape index (κ2) is 10.2. The van der Waals surface area contributed by atoms with Gasteiger partial charge in [-0.1, -0.05) is 56.7 Å². The highest BCUT2D eigenvalue weighted by molar-refractivity contribution is 6.01. The van der Waals surface area contributed by atoms with Crippen LogP contribution >= 0.6 is 0 Å². The maximum atomic E-state index is 14.4. The van der Waals surface area contributed by atoms with Crippen molar-refractivity contribution < 1.29 is 41.8 Å². The van der Waals surface area contributed by atoms with Crippen LogP contribution in [0, 0.1) is 17.3 Å². The molecular weight excluding hydrogens is 561 g/mol. The molecule has 3 aliphatic carbocycles. The van der Waals surface area contributed by atoms with Gasteiger partial charge in [0.05, 0.1) is 32.3 Å². The molecule has 1 spiro atoms. The number of halogens is 3. The van der Waals surface area contributed by atoms with Crippen molar-refractivity contribution in [3.05, 3.63) is 64.8 Å². The summed E-state index contributed by atoms with van der Waals surface area (Å²) in [5.41, 5.74) is -2.24. The predicted octanol–water partition coefficient (Wildman–Crippen LogP) is 5.59. The van der Waals surface area contributed by atoms with Gasteiger partial charge in [-0.05, 0) is 30.1 Å². The summed E-state index contributed by atoms with van der Waals surface area (Å²) in [6.07, 6.45) is 1.37. The zero-order chi connectivity index (χ0) is 30.9. The summed E-state index contributed by atoms with van der Waals surface area (Å²) in [5, 5.41) is 13.1. The maximum absolute atomic E-state index is 14.4. The molecule has 0 radical (unpaired) electrons. The van der Waals surface area contributed by atoms with Gasteiger partial charge in [-0.15, -0.1) is 0 Å². The maximum Gasteiger partial charge on any atom is 0.425 e. The molecule has 0 aromatic heterocycles. The van der Waals surface area contributed by atoms with Gasteiger partial charge >= 0.3 is 12.1 Å². The van der Waals surface area contributed by atoms with Crippen LogP contribution < -0.4 is 5.32 Å². The number of carbonyl (C=O) groups is 2. The lowest BCUT2D eigenvalue weighted by molar-refractivity contribution is -0.948. The van der Waals surface area contributed by atoms with Crippen molar-refractivity contribution in [3.63, 3.8) is 0 Å². The van der Waals surface area contributed by atoms with Gasteiger partial charge in [-0.3, -0.25) is 9.59 Å². The third kappa shape index (κ3) is 4.63. The van der Waals surface area contributed by atoms with Gasteiger partial charge in [0.15, 0.2) is 5.57 Å². The summed E-state index contributed by atoms with van der Waals surface area (Å²) in [5.74, 6) is -2.74. The number of alkyl halides is 3. The van der Waals surface area contributed by atoms with Crippen LogP contribution in [-0.4, -0.2) is 71.8 Å². The number of carbonyl (C=O) groups excluding carboxylic acids is 2. The third-order valence-electron chi connectivity index (χ3n) is 10.5. The van der Waals surface area contributed by atoms with Crippen molar-refractivity contribution in [2.75, 3.05) is 20.1 Å². The zero-order valence-electron chi connectivity index (χ0n) is 25.0. The Balaban J connectivity index is 1.44. The van der Waals surface area contributed by atoms with Crippen LogP contribution in [0.1, 0.15) is 58.4 Å². The molecule has 1 aromatic carbocycles. The van der Waals surface area contributed by atoms with Crippen molar-refractivity contribution >= 4 is 17.6 Å². The Morgan fingerprint density at radius 3 is 2.58 bits per heavy atom. The third-order valence-corrected chi connectivity index (χ3v) is 10.5. The second-order valence-electron chi connectivity index (χ2n) is 13.6. The van der Waals surface area contributed by atoms with E-state index in [9.17, 15) is 27.9 Å². The summed E-state index contributed by atoms with van der Waals surface area (Å²) >= 11 is 0. The molecule has 3 unspecified atom stereocenters. The Morgan fingerprint density at radius 1 is 1.21 bits per heavy atom. The number of allylic oxidation sites excluding steroid dienone is 1. The van der Waals surface area contributed by atoms with Gasteiger partial charge in [0.1, 0.15) is 11.9 Å². The SMILES string of the molecule is CC(=O)OC1(NC(=O)C(=C(O)c2ccccc2)C(F)(F)F)C=CC2=C3C1O[C@H]1CCC[C@H]4[C@@H](C2)[N+](C)(CC(C)C)CC[C@]314. The summed E-state index contributed by atoms with van der Waals surface area (Å²) in [6, 6.07) is 7.46. The number of ether oxygens (including phenoxy) is 2. The number of nitrogens with one attached hydrogen (secondary N) is 1.